The van der Waals surface area contributed by atoms with Crippen molar-refractivity contribution >= 4 is 11.6 Å². The molecule has 2 aromatic carbocycles. The third kappa shape index (κ3) is 4.16. The Balaban J connectivity index is 2.27. The SMILES string of the molecule is CCCNCc1cccc(Cl)c1Oc1cc(F)ccc1F. The van der Waals surface area contributed by atoms with Crippen LogP contribution in [0.3, 0.4) is 0 Å². The van der Waals surface area contributed by atoms with E-state index in [1.807, 2.05) is 6.07 Å². The Hall–Kier alpha value is -1.65. The first-order valence-electron chi connectivity index (χ1n) is 6.73. The number of hydrogen-bond acceptors (Lipinski definition) is 2. The molecule has 21 heavy (non-hydrogen) atoms. The molecule has 0 spiro atoms. The number of nitrogens with one attached hydrogen (secondary N) is 1. The molecule has 0 aliphatic heterocycles. The van der Waals surface area contributed by atoms with Crippen molar-refractivity contribution in [3.8, 4) is 11.5 Å². The number of para-hydroxylation sites is 1. The Morgan fingerprint density at radius 1 is 1.19 bits per heavy atom. The maximum Gasteiger partial charge on any atom is 0.166 e. The third-order valence-corrected chi connectivity index (χ3v) is 3.19. The molecule has 2 nitrogen and oxygen atoms in total. The van der Waals surface area contributed by atoms with Crippen LogP contribution in [0.4, 0.5) is 8.78 Å². The zero-order valence-electron chi connectivity index (χ0n) is 11.6. The maximum atomic E-state index is 13.7. The second kappa shape index (κ2) is 7.38. The monoisotopic (exact) mass is 311 g/mol. The van der Waals surface area contributed by atoms with E-state index in [1.165, 1.54) is 0 Å². The van der Waals surface area contributed by atoms with Gasteiger partial charge in [0.2, 0.25) is 0 Å². The maximum absolute atomic E-state index is 13.7. The molecule has 0 amide bonds. The standard InChI is InChI=1S/C16H16ClF2NO/c1-2-8-20-10-11-4-3-5-13(17)16(11)21-15-9-12(18)6-7-14(15)19/h3-7,9,20H,2,8,10H2,1H3. The molecular weight excluding hydrogens is 296 g/mol. The summed E-state index contributed by atoms with van der Waals surface area (Å²) in [6.45, 7) is 3.45. The van der Waals surface area contributed by atoms with Crippen LogP contribution >= 0.6 is 11.6 Å². The zero-order valence-corrected chi connectivity index (χ0v) is 12.4. The Labute approximate surface area is 127 Å². The molecule has 112 valence electrons. The van der Waals surface area contributed by atoms with Crippen molar-refractivity contribution in [2.24, 2.45) is 0 Å². The van der Waals surface area contributed by atoms with Gasteiger partial charge in [0.15, 0.2) is 17.3 Å². The number of hydrogen-bond donors (Lipinski definition) is 1. The van der Waals surface area contributed by atoms with Gasteiger partial charge in [-0.3, -0.25) is 0 Å². The number of ether oxygens (including phenoxy) is 1. The van der Waals surface area contributed by atoms with E-state index in [0.29, 0.717) is 17.3 Å². The van der Waals surface area contributed by atoms with E-state index in [0.717, 1.165) is 36.7 Å². The Bertz CT molecular complexity index is 619. The lowest BCUT2D eigenvalue weighted by atomic mass is 10.2. The van der Waals surface area contributed by atoms with Crippen molar-refractivity contribution < 1.29 is 13.5 Å². The molecule has 0 aliphatic carbocycles. The molecular formula is C16H16ClF2NO. The van der Waals surface area contributed by atoms with Gasteiger partial charge in [-0.25, -0.2) is 8.78 Å². The summed E-state index contributed by atoms with van der Waals surface area (Å²) in [5.41, 5.74) is 0.791. The van der Waals surface area contributed by atoms with E-state index >= 15 is 0 Å². The second-order valence-electron chi connectivity index (χ2n) is 4.58. The van der Waals surface area contributed by atoms with Crippen molar-refractivity contribution in [2.75, 3.05) is 6.54 Å². The highest BCUT2D eigenvalue weighted by molar-refractivity contribution is 6.32. The molecule has 0 unspecified atom stereocenters. The summed E-state index contributed by atoms with van der Waals surface area (Å²) in [5, 5.41) is 3.58. The normalized spacial score (nSPS) is 10.7. The van der Waals surface area contributed by atoms with E-state index in [-0.39, 0.29) is 5.75 Å². The van der Waals surface area contributed by atoms with Crippen molar-refractivity contribution in [3.05, 3.63) is 58.6 Å². The highest BCUT2D eigenvalue weighted by Gasteiger charge is 2.13. The van der Waals surface area contributed by atoms with Crippen LogP contribution in [0.15, 0.2) is 36.4 Å². The smallest absolute Gasteiger partial charge is 0.166 e. The number of halogens is 3. The van der Waals surface area contributed by atoms with Gasteiger partial charge >= 0.3 is 0 Å². The van der Waals surface area contributed by atoms with Crippen LogP contribution in [-0.2, 0) is 6.54 Å². The van der Waals surface area contributed by atoms with Crippen molar-refractivity contribution in [2.45, 2.75) is 19.9 Å². The molecule has 0 heterocycles. The molecule has 0 aromatic heterocycles. The molecule has 0 fully saturated rings. The van der Waals surface area contributed by atoms with Crippen molar-refractivity contribution in [1.29, 1.82) is 0 Å². The van der Waals surface area contributed by atoms with E-state index < -0.39 is 11.6 Å². The van der Waals surface area contributed by atoms with Crippen molar-refractivity contribution in [3.63, 3.8) is 0 Å². The number of benzene rings is 2. The summed E-state index contributed by atoms with van der Waals surface area (Å²) < 4.78 is 32.4. The van der Waals surface area contributed by atoms with Gasteiger partial charge in [0.05, 0.1) is 5.02 Å². The van der Waals surface area contributed by atoms with Gasteiger partial charge in [0, 0.05) is 18.2 Å². The molecule has 0 saturated carbocycles. The minimum Gasteiger partial charge on any atom is -0.452 e. The number of rotatable bonds is 6. The van der Waals surface area contributed by atoms with Crippen LogP contribution in [-0.4, -0.2) is 6.54 Å². The van der Waals surface area contributed by atoms with Crippen LogP contribution in [0.2, 0.25) is 5.02 Å². The lowest BCUT2D eigenvalue weighted by molar-refractivity contribution is 0.430. The van der Waals surface area contributed by atoms with Crippen molar-refractivity contribution in [1.82, 2.24) is 5.32 Å². The van der Waals surface area contributed by atoms with Gasteiger partial charge in [-0.15, -0.1) is 0 Å². The summed E-state index contributed by atoms with van der Waals surface area (Å²) in [6.07, 6.45) is 0.995. The first-order valence-corrected chi connectivity index (χ1v) is 7.10. The lowest BCUT2D eigenvalue weighted by Crippen LogP contribution is -2.14. The highest BCUT2D eigenvalue weighted by Crippen LogP contribution is 2.34. The van der Waals surface area contributed by atoms with E-state index in [4.69, 9.17) is 16.3 Å². The fraction of sp³-hybridized carbons (Fsp3) is 0.250. The Kier molecular flexibility index (Phi) is 5.53. The molecule has 5 heteroatoms. The topological polar surface area (TPSA) is 21.3 Å². The first-order chi connectivity index (χ1) is 10.1. The first kappa shape index (κ1) is 15.7. The zero-order chi connectivity index (χ0) is 15.2. The average Bonchev–Trinajstić information content (AvgIpc) is 2.46. The summed E-state index contributed by atoms with van der Waals surface area (Å²) in [6, 6.07) is 8.34. The summed E-state index contributed by atoms with van der Waals surface area (Å²) in [7, 11) is 0. The van der Waals surface area contributed by atoms with Crippen LogP contribution in [0.1, 0.15) is 18.9 Å². The molecule has 2 rings (SSSR count). The van der Waals surface area contributed by atoms with E-state index in [2.05, 4.69) is 12.2 Å². The Morgan fingerprint density at radius 2 is 2.00 bits per heavy atom. The predicted octanol–water partition coefficient (Wildman–Crippen LogP) is 4.91. The van der Waals surface area contributed by atoms with Crippen LogP contribution < -0.4 is 10.1 Å². The van der Waals surface area contributed by atoms with Gasteiger partial charge in [-0.05, 0) is 31.2 Å². The van der Waals surface area contributed by atoms with E-state index in [9.17, 15) is 8.78 Å². The predicted molar refractivity (Wildman–Crippen MR) is 79.9 cm³/mol. The molecule has 0 aliphatic rings. The van der Waals surface area contributed by atoms with Gasteiger partial charge in [0.25, 0.3) is 0 Å². The molecule has 0 atom stereocenters. The minimum atomic E-state index is -0.635. The van der Waals surface area contributed by atoms with Gasteiger partial charge < -0.3 is 10.1 Å². The van der Waals surface area contributed by atoms with Gasteiger partial charge in [-0.2, -0.15) is 0 Å². The summed E-state index contributed by atoms with van der Waals surface area (Å²) >= 11 is 6.12. The third-order valence-electron chi connectivity index (χ3n) is 2.90. The summed E-state index contributed by atoms with van der Waals surface area (Å²) in [4.78, 5) is 0. The summed E-state index contributed by atoms with van der Waals surface area (Å²) in [5.74, 6) is -1.04. The van der Waals surface area contributed by atoms with Crippen LogP contribution in [0.5, 0.6) is 11.5 Å². The molecule has 1 N–H and O–H groups in total. The van der Waals surface area contributed by atoms with Gasteiger partial charge in [0.1, 0.15) is 5.82 Å². The largest absolute Gasteiger partial charge is 0.452 e. The molecule has 0 saturated heterocycles. The highest BCUT2D eigenvalue weighted by atomic mass is 35.5. The second-order valence-corrected chi connectivity index (χ2v) is 4.99. The minimum absolute atomic E-state index is 0.181. The van der Waals surface area contributed by atoms with Crippen LogP contribution in [0.25, 0.3) is 0 Å². The quantitative estimate of drug-likeness (QED) is 0.765. The molecule has 0 radical (unpaired) electrons. The van der Waals surface area contributed by atoms with Gasteiger partial charge in [-0.1, -0.05) is 30.7 Å². The fourth-order valence-corrected chi connectivity index (χ4v) is 2.10. The molecule has 2 aromatic rings. The average molecular weight is 312 g/mol. The van der Waals surface area contributed by atoms with Crippen LogP contribution in [0, 0.1) is 11.6 Å². The lowest BCUT2D eigenvalue weighted by Gasteiger charge is -2.14. The Morgan fingerprint density at radius 3 is 2.76 bits per heavy atom. The fourth-order valence-electron chi connectivity index (χ4n) is 1.87. The van der Waals surface area contributed by atoms with E-state index in [1.54, 1.807) is 12.1 Å². The molecule has 0 bridgehead atoms.